The van der Waals surface area contributed by atoms with Gasteiger partial charge in [-0.2, -0.15) is 10.4 Å². The molecule has 1 N–H and O–H groups in total. The molecule has 0 saturated carbocycles. The van der Waals surface area contributed by atoms with Crippen LogP contribution in [0.1, 0.15) is 30.7 Å². The summed E-state index contributed by atoms with van der Waals surface area (Å²) >= 11 is 8.14. The fraction of sp³-hybridized carbons (Fsp3) is 0.267. The van der Waals surface area contributed by atoms with Crippen LogP contribution in [0, 0.1) is 14.9 Å². The van der Waals surface area contributed by atoms with Crippen LogP contribution < -0.4 is 5.32 Å². The zero-order valence-electron chi connectivity index (χ0n) is 11.7. The lowest BCUT2D eigenvalue weighted by Crippen LogP contribution is -2.07. The Balaban J connectivity index is 2.47. The lowest BCUT2D eigenvalue weighted by molar-refractivity contribution is 0.877. The van der Waals surface area contributed by atoms with Gasteiger partial charge in [0.2, 0.25) is 0 Å². The Morgan fingerprint density at radius 2 is 2.05 bits per heavy atom. The molecule has 0 bridgehead atoms. The summed E-state index contributed by atoms with van der Waals surface area (Å²) in [5.41, 5.74) is 3.26. The van der Waals surface area contributed by atoms with E-state index < -0.39 is 0 Å². The topological polar surface area (TPSA) is 61.6 Å². The Hall–Kier alpha value is -1.39. The average Bonchev–Trinajstić information content (AvgIpc) is 2.49. The first-order chi connectivity index (χ1) is 10.1. The van der Waals surface area contributed by atoms with Gasteiger partial charge >= 0.3 is 0 Å². The van der Waals surface area contributed by atoms with Crippen molar-refractivity contribution in [1.29, 1.82) is 5.26 Å². The molecule has 1 aromatic carbocycles. The van der Waals surface area contributed by atoms with Crippen LogP contribution in [0.15, 0.2) is 18.2 Å². The van der Waals surface area contributed by atoms with Crippen molar-refractivity contribution in [2.45, 2.75) is 26.7 Å². The van der Waals surface area contributed by atoms with Crippen LogP contribution >= 0.6 is 34.2 Å². The molecule has 0 unspecified atom stereocenters. The Morgan fingerprint density at radius 3 is 2.62 bits per heavy atom. The van der Waals surface area contributed by atoms with Gasteiger partial charge in [0.25, 0.3) is 0 Å². The molecule has 0 atom stereocenters. The molecule has 0 aliphatic carbocycles. The number of hydrogen-bond donors (Lipinski definition) is 1. The highest BCUT2D eigenvalue weighted by atomic mass is 127. The lowest BCUT2D eigenvalue weighted by Gasteiger charge is -2.13. The van der Waals surface area contributed by atoms with Crippen molar-refractivity contribution >= 4 is 45.7 Å². The second kappa shape index (κ2) is 7.05. The predicted octanol–water partition coefficient (Wildman–Crippen LogP) is 4.47. The Bertz CT molecular complexity index is 710. The summed E-state index contributed by atoms with van der Waals surface area (Å²) in [6.45, 7) is 4.03. The van der Waals surface area contributed by atoms with Gasteiger partial charge in [-0.25, -0.2) is 0 Å². The summed E-state index contributed by atoms with van der Waals surface area (Å²) in [7, 11) is 0. The van der Waals surface area contributed by atoms with Gasteiger partial charge in [0, 0.05) is 8.59 Å². The number of nitrogens with one attached hydrogen (secondary N) is 1. The molecule has 2 rings (SSSR count). The molecule has 1 aromatic heterocycles. The van der Waals surface area contributed by atoms with E-state index in [4.69, 9.17) is 11.6 Å². The maximum atomic E-state index is 9.46. The van der Waals surface area contributed by atoms with Crippen molar-refractivity contribution in [2.24, 2.45) is 0 Å². The fourth-order valence-electron chi connectivity index (χ4n) is 2.10. The lowest BCUT2D eigenvalue weighted by atomic mass is 10.0. The predicted molar refractivity (Wildman–Crippen MR) is 93.0 cm³/mol. The SMILES string of the molecule is CCc1nnc(Nc2ccc(Cl)cc2I)c(C#N)c1CC. The van der Waals surface area contributed by atoms with E-state index in [2.05, 4.69) is 44.2 Å². The molecule has 0 radical (unpaired) electrons. The van der Waals surface area contributed by atoms with Crippen molar-refractivity contribution in [3.63, 3.8) is 0 Å². The standard InChI is InChI=1S/C15H14ClIN4/c1-3-10-11(8-18)15(21-20-13(10)4-2)19-14-6-5-9(16)7-12(14)17/h5-7H,3-4H2,1-2H3,(H,19,21). The molecule has 0 saturated heterocycles. The van der Waals surface area contributed by atoms with Gasteiger partial charge < -0.3 is 5.32 Å². The summed E-state index contributed by atoms with van der Waals surface area (Å²) in [5.74, 6) is 0.492. The van der Waals surface area contributed by atoms with E-state index in [0.29, 0.717) is 16.4 Å². The number of hydrogen-bond acceptors (Lipinski definition) is 4. The molecule has 0 spiro atoms. The number of benzene rings is 1. The molecule has 0 aliphatic heterocycles. The van der Waals surface area contributed by atoms with Gasteiger partial charge in [0.1, 0.15) is 11.6 Å². The molecule has 6 heteroatoms. The summed E-state index contributed by atoms with van der Waals surface area (Å²) in [5, 5.41) is 21.7. The summed E-state index contributed by atoms with van der Waals surface area (Å²) in [6, 6.07) is 7.77. The molecule has 1 heterocycles. The normalized spacial score (nSPS) is 10.2. The number of anilines is 2. The highest BCUT2D eigenvalue weighted by Crippen LogP contribution is 2.27. The second-order valence-corrected chi connectivity index (χ2v) is 6.02. The van der Waals surface area contributed by atoms with Crippen LogP contribution in [-0.4, -0.2) is 10.2 Å². The molecule has 108 valence electrons. The van der Waals surface area contributed by atoms with Crippen LogP contribution in [0.3, 0.4) is 0 Å². The molecule has 2 aromatic rings. The third kappa shape index (κ3) is 3.44. The van der Waals surface area contributed by atoms with Crippen molar-refractivity contribution in [3.8, 4) is 6.07 Å². The van der Waals surface area contributed by atoms with Gasteiger partial charge in [-0.05, 0) is 59.2 Å². The molecular weight excluding hydrogens is 399 g/mol. The second-order valence-electron chi connectivity index (χ2n) is 4.42. The minimum absolute atomic E-state index is 0.492. The number of nitriles is 1. The minimum Gasteiger partial charge on any atom is -0.337 e. The van der Waals surface area contributed by atoms with Crippen LogP contribution in [-0.2, 0) is 12.8 Å². The summed E-state index contributed by atoms with van der Waals surface area (Å²) in [4.78, 5) is 0. The molecule has 0 fully saturated rings. The fourth-order valence-corrected chi connectivity index (χ4v) is 3.11. The number of halogens is 2. The first kappa shape index (κ1) is 16.0. The van der Waals surface area contributed by atoms with E-state index in [1.165, 1.54) is 0 Å². The van der Waals surface area contributed by atoms with Crippen molar-refractivity contribution < 1.29 is 0 Å². The van der Waals surface area contributed by atoms with E-state index in [-0.39, 0.29) is 0 Å². The van der Waals surface area contributed by atoms with Gasteiger partial charge in [0.15, 0.2) is 5.82 Å². The Kier molecular flexibility index (Phi) is 5.37. The highest BCUT2D eigenvalue weighted by Gasteiger charge is 2.15. The van der Waals surface area contributed by atoms with E-state index >= 15 is 0 Å². The van der Waals surface area contributed by atoms with Crippen LogP contribution in [0.25, 0.3) is 0 Å². The van der Waals surface area contributed by atoms with E-state index in [9.17, 15) is 5.26 Å². The van der Waals surface area contributed by atoms with E-state index in [0.717, 1.165) is 33.4 Å². The quantitative estimate of drug-likeness (QED) is 0.752. The zero-order chi connectivity index (χ0) is 15.4. The largest absolute Gasteiger partial charge is 0.337 e. The maximum Gasteiger partial charge on any atom is 0.171 e. The van der Waals surface area contributed by atoms with Crippen LogP contribution in [0.5, 0.6) is 0 Å². The average molecular weight is 413 g/mol. The minimum atomic E-state index is 0.492. The van der Waals surface area contributed by atoms with Crippen molar-refractivity contribution in [2.75, 3.05) is 5.32 Å². The number of nitrogens with zero attached hydrogens (tertiary/aromatic N) is 3. The van der Waals surface area contributed by atoms with Crippen LogP contribution in [0.4, 0.5) is 11.5 Å². The number of rotatable bonds is 4. The highest BCUT2D eigenvalue weighted by molar-refractivity contribution is 14.1. The number of aromatic nitrogens is 2. The third-order valence-electron chi connectivity index (χ3n) is 3.14. The third-order valence-corrected chi connectivity index (χ3v) is 4.27. The first-order valence-corrected chi connectivity index (χ1v) is 8.06. The van der Waals surface area contributed by atoms with Gasteiger partial charge in [-0.15, -0.1) is 5.10 Å². The monoisotopic (exact) mass is 412 g/mol. The Labute approximate surface area is 142 Å². The van der Waals surface area contributed by atoms with Gasteiger partial charge in [-0.3, -0.25) is 0 Å². The van der Waals surface area contributed by atoms with Crippen molar-refractivity contribution in [1.82, 2.24) is 10.2 Å². The smallest absolute Gasteiger partial charge is 0.171 e. The summed E-state index contributed by atoms with van der Waals surface area (Å²) < 4.78 is 0.961. The molecule has 4 nitrogen and oxygen atoms in total. The first-order valence-electron chi connectivity index (χ1n) is 6.61. The van der Waals surface area contributed by atoms with E-state index in [1.54, 1.807) is 6.07 Å². The molecular formula is C15H14ClIN4. The Morgan fingerprint density at radius 1 is 1.29 bits per heavy atom. The zero-order valence-corrected chi connectivity index (χ0v) is 14.7. The van der Waals surface area contributed by atoms with Gasteiger partial charge in [-0.1, -0.05) is 25.4 Å². The van der Waals surface area contributed by atoms with Crippen molar-refractivity contribution in [3.05, 3.63) is 43.6 Å². The molecule has 0 aliphatic rings. The molecule has 0 amide bonds. The number of aryl methyl sites for hydroxylation is 1. The van der Waals surface area contributed by atoms with E-state index in [1.807, 2.05) is 26.0 Å². The molecule has 21 heavy (non-hydrogen) atoms. The maximum absolute atomic E-state index is 9.46. The van der Waals surface area contributed by atoms with Crippen LogP contribution in [0.2, 0.25) is 5.02 Å². The van der Waals surface area contributed by atoms with Gasteiger partial charge in [0.05, 0.1) is 11.4 Å². The summed E-state index contributed by atoms with van der Waals surface area (Å²) in [6.07, 6.45) is 1.53.